The molecule has 0 spiro atoms. The van der Waals surface area contributed by atoms with Crippen molar-refractivity contribution in [3.05, 3.63) is 64.4 Å². The predicted molar refractivity (Wildman–Crippen MR) is 95.4 cm³/mol. The van der Waals surface area contributed by atoms with Crippen LogP contribution in [-0.2, 0) is 11.3 Å². The Labute approximate surface area is 149 Å². The van der Waals surface area contributed by atoms with E-state index in [0.717, 1.165) is 15.8 Å². The number of ether oxygens (including phenoxy) is 1. The van der Waals surface area contributed by atoms with Crippen LogP contribution in [0.25, 0.3) is 0 Å². The van der Waals surface area contributed by atoms with Gasteiger partial charge in [0.2, 0.25) is 5.91 Å². The third-order valence-electron chi connectivity index (χ3n) is 3.37. The van der Waals surface area contributed by atoms with Crippen LogP contribution < -0.4 is 10.1 Å². The molecular formula is C18H20BrFN2O2. The molecule has 2 aromatic carbocycles. The summed E-state index contributed by atoms with van der Waals surface area (Å²) in [5.41, 5.74) is 0.867. The molecule has 0 saturated heterocycles. The van der Waals surface area contributed by atoms with E-state index in [1.165, 1.54) is 12.1 Å². The minimum absolute atomic E-state index is 0.0783. The van der Waals surface area contributed by atoms with Gasteiger partial charge in [0.1, 0.15) is 18.2 Å². The van der Waals surface area contributed by atoms with Crippen molar-refractivity contribution in [3.8, 4) is 5.75 Å². The number of nitrogens with one attached hydrogen (secondary N) is 1. The molecule has 0 aliphatic heterocycles. The van der Waals surface area contributed by atoms with Gasteiger partial charge in [-0.15, -0.1) is 0 Å². The van der Waals surface area contributed by atoms with E-state index >= 15 is 0 Å². The second-order valence-corrected chi connectivity index (χ2v) is 6.36. The molecule has 0 fully saturated rings. The quantitative estimate of drug-likeness (QED) is 0.747. The number of halogens is 2. The zero-order valence-electron chi connectivity index (χ0n) is 13.5. The Morgan fingerprint density at radius 3 is 2.50 bits per heavy atom. The summed E-state index contributed by atoms with van der Waals surface area (Å²) in [6, 6.07) is 13.7. The highest BCUT2D eigenvalue weighted by atomic mass is 79.9. The van der Waals surface area contributed by atoms with Gasteiger partial charge < -0.3 is 10.1 Å². The fraction of sp³-hybridized carbons (Fsp3) is 0.278. The fourth-order valence-electron chi connectivity index (χ4n) is 2.03. The van der Waals surface area contributed by atoms with Crippen LogP contribution in [0.2, 0.25) is 0 Å². The molecule has 1 N–H and O–H groups in total. The molecule has 0 atom stereocenters. The van der Waals surface area contributed by atoms with Crippen LogP contribution in [0, 0.1) is 5.82 Å². The van der Waals surface area contributed by atoms with Crippen molar-refractivity contribution in [2.24, 2.45) is 0 Å². The molecule has 0 aliphatic rings. The fourth-order valence-corrected chi connectivity index (χ4v) is 2.30. The largest absolute Gasteiger partial charge is 0.492 e. The van der Waals surface area contributed by atoms with E-state index in [9.17, 15) is 9.18 Å². The van der Waals surface area contributed by atoms with Gasteiger partial charge in [-0.2, -0.15) is 0 Å². The summed E-state index contributed by atoms with van der Waals surface area (Å²) in [6.07, 6.45) is 0. The highest BCUT2D eigenvalue weighted by molar-refractivity contribution is 9.10. The minimum atomic E-state index is -0.282. The lowest BCUT2D eigenvalue weighted by atomic mass is 10.2. The third-order valence-corrected chi connectivity index (χ3v) is 3.90. The standard InChI is InChI=1S/C18H20BrFN2O2/c1-22(10-11-24-17-8-4-15(19)5-9-17)13-18(23)21-12-14-2-6-16(20)7-3-14/h2-9H,10-13H2,1H3,(H,21,23). The average Bonchev–Trinajstić information content (AvgIpc) is 2.56. The molecule has 4 nitrogen and oxygen atoms in total. The Bertz CT molecular complexity index is 647. The van der Waals surface area contributed by atoms with E-state index in [4.69, 9.17) is 4.74 Å². The van der Waals surface area contributed by atoms with Crippen molar-refractivity contribution in [1.29, 1.82) is 0 Å². The number of rotatable bonds is 8. The topological polar surface area (TPSA) is 41.6 Å². The molecule has 1 amide bonds. The van der Waals surface area contributed by atoms with E-state index in [-0.39, 0.29) is 18.3 Å². The highest BCUT2D eigenvalue weighted by Crippen LogP contribution is 2.15. The number of hydrogen-bond acceptors (Lipinski definition) is 3. The van der Waals surface area contributed by atoms with E-state index in [1.54, 1.807) is 12.1 Å². The number of likely N-dealkylation sites (N-methyl/N-ethyl adjacent to an activating group) is 1. The van der Waals surface area contributed by atoms with E-state index in [1.807, 2.05) is 36.2 Å². The van der Waals surface area contributed by atoms with Gasteiger partial charge in [0.05, 0.1) is 6.54 Å². The van der Waals surface area contributed by atoms with Crippen molar-refractivity contribution in [2.75, 3.05) is 26.7 Å². The molecule has 0 bridgehead atoms. The van der Waals surface area contributed by atoms with Crippen LogP contribution in [0.4, 0.5) is 4.39 Å². The number of nitrogens with zero attached hydrogens (tertiary/aromatic N) is 1. The van der Waals surface area contributed by atoms with Crippen LogP contribution in [0.1, 0.15) is 5.56 Å². The van der Waals surface area contributed by atoms with E-state index in [2.05, 4.69) is 21.2 Å². The summed E-state index contributed by atoms with van der Waals surface area (Å²) in [4.78, 5) is 13.8. The molecule has 6 heteroatoms. The van der Waals surface area contributed by atoms with Crippen LogP contribution in [0.15, 0.2) is 53.0 Å². The molecule has 0 heterocycles. The number of benzene rings is 2. The molecule has 128 valence electrons. The van der Waals surface area contributed by atoms with Gasteiger partial charge in [-0.25, -0.2) is 4.39 Å². The molecule has 0 saturated carbocycles. The monoisotopic (exact) mass is 394 g/mol. The SMILES string of the molecule is CN(CCOc1ccc(Br)cc1)CC(=O)NCc1ccc(F)cc1. The number of hydrogen-bond donors (Lipinski definition) is 1. The maximum Gasteiger partial charge on any atom is 0.234 e. The second kappa shape index (κ2) is 9.39. The van der Waals surface area contributed by atoms with Crippen LogP contribution in [-0.4, -0.2) is 37.6 Å². The molecule has 2 aromatic rings. The normalized spacial score (nSPS) is 10.7. The van der Waals surface area contributed by atoms with Crippen molar-refractivity contribution >= 4 is 21.8 Å². The van der Waals surface area contributed by atoms with Crippen molar-refractivity contribution < 1.29 is 13.9 Å². The Kier molecular flexibility index (Phi) is 7.21. The van der Waals surface area contributed by atoms with Crippen molar-refractivity contribution in [2.45, 2.75) is 6.54 Å². The maximum atomic E-state index is 12.8. The van der Waals surface area contributed by atoms with Crippen molar-refractivity contribution in [1.82, 2.24) is 10.2 Å². The van der Waals surface area contributed by atoms with Crippen molar-refractivity contribution in [3.63, 3.8) is 0 Å². The smallest absolute Gasteiger partial charge is 0.234 e. The second-order valence-electron chi connectivity index (χ2n) is 5.44. The number of carbonyl (C=O) groups is 1. The Morgan fingerprint density at radius 1 is 1.17 bits per heavy atom. The van der Waals surface area contributed by atoms with Gasteiger partial charge in [-0.1, -0.05) is 28.1 Å². The van der Waals surface area contributed by atoms with Gasteiger partial charge in [0.15, 0.2) is 0 Å². The lowest BCUT2D eigenvalue weighted by molar-refractivity contribution is -0.122. The molecule has 0 aliphatic carbocycles. The lowest BCUT2D eigenvalue weighted by Crippen LogP contribution is -2.36. The van der Waals surface area contributed by atoms with Gasteiger partial charge in [-0.3, -0.25) is 9.69 Å². The van der Waals surface area contributed by atoms with Crippen LogP contribution in [0.3, 0.4) is 0 Å². The summed E-state index contributed by atoms with van der Waals surface area (Å²) in [6.45, 7) is 1.82. The Morgan fingerprint density at radius 2 is 1.83 bits per heavy atom. The number of carbonyl (C=O) groups excluding carboxylic acids is 1. The first-order valence-electron chi connectivity index (χ1n) is 7.61. The molecule has 24 heavy (non-hydrogen) atoms. The van der Waals surface area contributed by atoms with Crippen LogP contribution >= 0.6 is 15.9 Å². The zero-order chi connectivity index (χ0) is 17.4. The Hall–Kier alpha value is -1.92. The van der Waals surface area contributed by atoms with Crippen LogP contribution in [0.5, 0.6) is 5.75 Å². The zero-order valence-corrected chi connectivity index (χ0v) is 15.1. The lowest BCUT2D eigenvalue weighted by Gasteiger charge is -2.16. The first kappa shape index (κ1) is 18.4. The van der Waals surface area contributed by atoms with Gasteiger partial charge in [-0.05, 0) is 49.0 Å². The van der Waals surface area contributed by atoms with Gasteiger partial charge in [0.25, 0.3) is 0 Å². The minimum Gasteiger partial charge on any atom is -0.492 e. The van der Waals surface area contributed by atoms with Gasteiger partial charge >= 0.3 is 0 Å². The summed E-state index contributed by atoms with van der Waals surface area (Å²) < 4.78 is 19.4. The summed E-state index contributed by atoms with van der Waals surface area (Å²) >= 11 is 3.37. The third kappa shape index (κ3) is 6.68. The predicted octanol–water partition coefficient (Wildman–Crippen LogP) is 3.22. The number of amides is 1. The summed E-state index contributed by atoms with van der Waals surface area (Å²) in [5.74, 6) is 0.438. The maximum absolute atomic E-state index is 12.8. The van der Waals surface area contributed by atoms with Gasteiger partial charge in [0, 0.05) is 17.6 Å². The van der Waals surface area contributed by atoms with E-state index < -0.39 is 0 Å². The molecule has 2 rings (SSSR count). The molecule has 0 unspecified atom stereocenters. The molecular weight excluding hydrogens is 375 g/mol. The Balaban J connectivity index is 1.64. The summed E-state index contributed by atoms with van der Waals surface area (Å²) in [7, 11) is 1.86. The first-order chi connectivity index (χ1) is 11.5. The highest BCUT2D eigenvalue weighted by Gasteiger charge is 2.06. The molecule has 0 aromatic heterocycles. The molecule has 0 radical (unpaired) electrons. The van der Waals surface area contributed by atoms with E-state index in [0.29, 0.717) is 19.7 Å². The average molecular weight is 395 g/mol. The summed E-state index contributed by atoms with van der Waals surface area (Å²) in [5, 5.41) is 2.81. The first-order valence-corrected chi connectivity index (χ1v) is 8.40.